The van der Waals surface area contributed by atoms with Gasteiger partial charge in [-0.3, -0.25) is 24.6 Å². The van der Waals surface area contributed by atoms with Gasteiger partial charge in [-0.1, -0.05) is 24.3 Å². The minimum absolute atomic E-state index is 0.0767. The van der Waals surface area contributed by atoms with Gasteiger partial charge in [0.25, 0.3) is 17.5 Å². The summed E-state index contributed by atoms with van der Waals surface area (Å²) in [7, 11) is 0. The van der Waals surface area contributed by atoms with Crippen LogP contribution < -0.4 is 0 Å². The first-order valence-corrected chi connectivity index (χ1v) is 7.07. The Labute approximate surface area is 132 Å². The number of carbonyl (C=O) groups is 2. The van der Waals surface area contributed by atoms with E-state index in [-0.39, 0.29) is 17.5 Å². The van der Waals surface area contributed by atoms with E-state index >= 15 is 0 Å². The molecule has 1 aliphatic heterocycles. The second kappa shape index (κ2) is 5.01. The Hall–Kier alpha value is -3.02. The predicted octanol–water partition coefficient (Wildman–Crippen LogP) is 3.13. The van der Waals surface area contributed by atoms with E-state index in [4.69, 9.17) is 0 Å². The maximum Gasteiger partial charge on any atom is 0.269 e. The lowest BCUT2D eigenvalue weighted by atomic mass is 9.92. The molecule has 116 valence electrons. The summed E-state index contributed by atoms with van der Waals surface area (Å²) >= 11 is 0. The molecule has 2 aromatic rings. The largest absolute Gasteiger partial charge is 0.269 e. The van der Waals surface area contributed by atoms with Crippen molar-refractivity contribution < 1.29 is 14.5 Å². The molecule has 0 saturated carbocycles. The van der Waals surface area contributed by atoms with Crippen molar-refractivity contribution in [2.75, 3.05) is 0 Å². The van der Waals surface area contributed by atoms with Gasteiger partial charge in [0.15, 0.2) is 0 Å². The Kier molecular flexibility index (Phi) is 3.25. The van der Waals surface area contributed by atoms with Crippen molar-refractivity contribution >= 4 is 17.5 Å². The minimum atomic E-state index is -1.00. The number of nitrogens with zero attached hydrogens (tertiary/aromatic N) is 2. The molecule has 2 aromatic carbocycles. The molecule has 0 saturated heterocycles. The quantitative estimate of drug-likeness (QED) is 0.495. The molecule has 6 heteroatoms. The van der Waals surface area contributed by atoms with Gasteiger partial charge in [-0.2, -0.15) is 0 Å². The van der Waals surface area contributed by atoms with Gasteiger partial charge in [-0.05, 0) is 31.5 Å². The van der Waals surface area contributed by atoms with Gasteiger partial charge < -0.3 is 0 Å². The van der Waals surface area contributed by atoms with Crippen LogP contribution in [-0.2, 0) is 5.54 Å². The summed E-state index contributed by atoms with van der Waals surface area (Å²) in [6.45, 7) is 3.40. The fraction of sp³-hybridized carbons (Fsp3) is 0.176. The number of fused-ring (bicyclic) bond motifs is 1. The predicted molar refractivity (Wildman–Crippen MR) is 83.1 cm³/mol. The number of hydrogen-bond acceptors (Lipinski definition) is 4. The normalized spacial score (nSPS) is 14.1. The lowest BCUT2D eigenvalue weighted by molar-refractivity contribution is -0.385. The average molecular weight is 310 g/mol. The van der Waals surface area contributed by atoms with Gasteiger partial charge in [0, 0.05) is 12.1 Å². The van der Waals surface area contributed by atoms with Crippen LogP contribution in [0.15, 0.2) is 48.5 Å². The molecule has 0 bridgehead atoms. The fourth-order valence-corrected chi connectivity index (χ4v) is 2.83. The van der Waals surface area contributed by atoms with Crippen molar-refractivity contribution in [2.45, 2.75) is 19.4 Å². The minimum Gasteiger partial charge on any atom is -0.269 e. The summed E-state index contributed by atoms with van der Waals surface area (Å²) in [6.07, 6.45) is 0. The second-order valence-electron chi connectivity index (χ2n) is 5.86. The molecule has 0 aliphatic carbocycles. The highest BCUT2D eigenvalue weighted by molar-refractivity contribution is 6.21. The molecule has 23 heavy (non-hydrogen) atoms. The van der Waals surface area contributed by atoms with Gasteiger partial charge in [0.05, 0.1) is 21.6 Å². The van der Waals surface area contributed by atoms with E-state index in [1.54, 1.807) is 50.2 Å². The smallest absolute Gasteiger partial charge is 0.269 e. The van der Waals surface area contributed by atoms with Crippen LogP contribution in [0.2, 0.25) is 0 Å². The average Bonchev–Trinajstić information content (AvgIpc) is 2.80. The Morgan fingerprint density at radius 2 is 1.52 bits per heavy atom. The van der Waals surface area contributed by atoms with E-state index in [2.05, 4.69) is 0 Å². The van der Waals surface area contributed by atoms with Gasteiger partial charge in [0.1, 0.15) is 0 Å². The number of nitro benzene ring substituents is 1. The van der Waals surface area contributed by atoms with Crippen molar-refractivity contribution in [1.29, 1.82) is 0 Å². The van der Waals surface area contributed by atoms with Crippen molar-refractivity contribution in [1.82, 2.24) is 4.90 Å². The molecule has 0 radical (unpaired) electrons. The zero-order valence-corrected chi connectivity index (χ0v) is 12.6. The molecule has 2 amide bonds. The number of amides is 2. The number of imide groups is 1. The first kappa shape index (κ1) is 14.9. The van der Waals surface area contributed by atoms with Crippen LogP contribution >= 0.6 is 0 Å². The zero-order valence-electron chi connectivity index (χ0n) is 12.6. The molecule has 0 unspecified atom stereocenters. The first-order valence-electron chi connectivity index (χ1n) is 7.07. The SMILES string of the molecule is CC(C)(c1cccc([N+](=O)[O-])c1)N1C(=O)c2ccccc2C1=O. The van der Waals surface area contributed by atoms with Crippen molar-refractivity contribution in [3.8, 4) is 0 Å². The molecule has 0 aromatic heterocycles. The summed E-state index contributed by atoms with van der Waals surface area (Å²) in [6, 6.07) is 12.6. The maximum atomic E-state index is 12.6. The summed E-state index contributed by atoms with van der Waals surface area (Å²) < 4.78 is 0. The van der Waals surface area contributed by atoms with Crippen LogP contribution in [0.4, 0.5) is 5.69 Å². The van der Waals surface area contributed by atoms with E-state index < -0.39 is 10.5 Å². The van der Waals surface area contributed by atoms with Crippen LogP contribution in [0.25, 0.3) is 0 Å². The number of carbonyl (C=O) groups excluding carboxylic acids is 2. The summed E-state index contributed by atoms with van der Waals surface area (Å²) in [5.74, 6) is -0.774. The topological polar surface area (TPSA) is 80.5 Å². The molecule has 0 atom stereocenters. The van der Waals surface area contributed by atoms with Crippen LogP contribution in [0, 0.1) is 10.1 Å². The van der Waals surface area contributed by atoms with E-state index in [0.29, 0.717) is 16.7 Å². The number of benzene rings is 2. The highest BCUT2D eigenvalue weighted by Crippen LogP contribution is 2.36. The molecule has 0 spiro atoms. The first-order chi connectivity index (χ1) is 10.8. The highest BCUT2D eigenvalue weighted by Gasteiger charge is 2.44. The van der Waals surface area contributed by atoms with Crippen LogP contribution in [0.5, 0.6) is 0 Å². The maximum absolute atomic E-state index is 12.6. The summed E-state index contributed by atoms with van der Waals surface area (Å²) in [4.78, 5) is 36.9. The van der Waals surface area contributed by atoms with E-state index in [0.717, 1.165) is 4.90 Å². The van der Waals surface area contributed by atoms with Gasteiger partial charge >= 0.3 is 0 Å². The molecular formula is C17H14N2O4. The lowest BCUT2D eigenvalue weighted by Crippen LogP contribution is -2.45. The Morgan fingerprint density at radius 1 is 0.957 bits per heavy atom. The number of nitro groups is 1. The van der Waals surface area contributed by atoms with E-state index in [9.17, 15) is 19.7 Å². The molecule has 0 N–H and O–H groups in total. The fourth-order valence-electron chi connectivity index (χ4n) is 2.83. The molecule has 3 rings (SSSR count). The molecule has 0 fully saturated rings. The highest BCUT2D eigenvalue weighted by atomic mass is 16.6. The standard InChI is InChI=1S/C17H14N2O4/c1-17(2,11-6-5-7-12(10-11)19(22)23)18-15(20)13-8-3-4-9-14(13)16(18)21/h3-10H,1-2H3. The third-order valence-corrected chi connectivity index (χ3v) is 4.12. The number of hydrogen-bond donors (Lipinski definition) is 0. The molecule has 6 nitrogen and oxygen atoms in total. The Morgan fingerprint density at radius 3 is 2.04 bits per heavy atom. The Balaban J connectivity index is 2.08. The monoisotopic (exact) mass is 310 g/mol. The third-order valence-electron chi connectivity index (χ3n) is 4.12. The van der Waals surface area contributed by atoms with Crippen molar-refractivity contribution in [3.05, 3.63) is 75.3 Å². The van der Waals surface area contributed by atoms with Crippen LogP contribution in [-0.4, -0.2) is 21.6 Å². The summed E-state index contributed by atoms with van der Waals surface area (Å²) in [5, 5.41) is 11.0. The Bertz CT molecular complexity index is 807. The van der Waals surface area contributed by atoms with Gasteiger partial charge in [-0.25, -0.2) is 0 Å². The van der Waals surface area contributed by atoms with Crippen LogP contribution in [0.3, 0.4) is 0 Å². The molecular weight excluding hydrogens is 296 g/mol. The molecule has 1 aliphatic rings. The zero-order chi connectivity index (χ0) is 16.8. The number of non-ortho nitro benzene ring substituents is 1. The van der Waals surface area contributed by atoms with E-state index in [1.807, 2.05) is 0 Å². The third kappa shape index (κ3) is 2.19. The lowest BCUT2D eigenvalue weighted by Gasteiger charge is -2.34. The van der Waals surface area contributed by atoms with Crippen LogP contribution in [0.1, 0.15) is 40.1 Å². The van der Waals surface area contributed by atoms with Crippen molar-refractivity contribution in [3.63, 3.8) is 0 Å². The molecule has 1 heterocycles. The van der Waals surface area contributed by atoms with Gasteiger partial charge in [-0.15, -0.1) is 0 Å². The van der Waals surface area contributed by atoms with Gasteiger partial charge in [0.2, 0.25) is 0 Å². The van der Waals surface area contributed by atoms with E-state index in [1.165, 1.54) is 12.1 Å². The number of rotatable bonds is 3. The second-order valence-corrected chi connectivity index (χ2v) is 5.86. The van der Waals surface area contributed by atoms with Crippen molar-refractivity contribution in [2.24, 2.45) is 0 Å². The summed E-state index contributed by atoms with van der Waals surface area (Å²) in [5.41, 5.74) is 0.166.